The molecule has 0 radical (unpaired) electrons. The molecule has 0 saturated heterocycles. The lowest BCUT2D eigenvalue weighted by atomic mass is 9.84. The fraction of sp³-hybridized carbons (Fsp3) is 1.00. The van der Waals surface area contributed by atoms with E-state index in [-0.39, 0.29) is 25.4 Å². The van der Waals surface area contributed by atoms with Gasteiger partial charge in [0, 0.05) is 19.7 Å². The first-order valence-corrected chi connectivity index (χ1v) is 9.02. The Morgan fingerprint density at radius 3 is 2.43 bits per heavy atom. The molecule has 6 nitrogen and oxygen atoms in total. The molecule has 2 unspecified atom stereocenters. The highest BCUT2D eigenvalue weighted by Crippen LogP contribution is 2.25. The molecular weight excluding hydrogens is 294 g/mol. The summed E-state index contributed by atoms with van der Waals surface area (Å²) in [5.41, 5.74) is 0.315. The molecule has 3 N–H and O–H groups in total. The molecule has 0 fully saturated rings. The summed E-state index contributed by atoms with van der Waals surface area (Å²) >= 11 is 0. The summed E-state index contributed by atoms with van der Waals surface area (Å²) in [6, 6.07) is 0. The van der Waals surface area contributed by atoms with Gasteiger partial charge < -0.3 is 15.2 Å². The SMILES string of the molecule is CC(CCOCC(O)CNCCS(=O)(=O)O)CC(C)(C)C. The van der Waals surface area contributed by atoms with Crippen molar-refractivity contribution < 1.29 is 22.8 Å². The van der Waals surface area contributed by atoms with Crippen LogP contribution in [0.4, 0.5) is 0 Å². The number of nitrogens with one attached hydrogen (secondary N) is 1. The summed E-state index contributed by atoms with van der Waals surface area (Å²) in [5, 5.41) is 12.4. The first kappa shape index (κ1) is 20.8. The quantitative estimate of drug-likeness (QED) is 0.391. The number of hydrogen-bond acceptors (Lipinski definition) is 5. The van der Waals surface area contributed by atoms with Crippen LogP contribution in [0.15, 0.2) is 0 Å². The van der Waals surface area contributed by atoms with Crippen molar-refractivity contribution in [2.45, 2.75) is 46.6 Å². The molecule has 0 bridgehead atoms. The van der Waals surface area contributed by atoms with Gasteiger partial charge in [-0.2, -0.15) is 8.42 Å². The Morgan fingerprint density at radius 1 is 1.29 bits per heavy atom. The van der Waals surface area contributed by atoms with E-state index in [1.165, 1.54) is 0 Å². The smallest absolute Gasteiger partial charge is 0.266 e. The molecule has 0 aromatic heterocycles. The Balaban J connectivity index is 3.56. The van der Waals surface area contributed by atoms with Gasteiger partial charge >= 0.3 is 0 Å². The van der Waals surface area contributed by atoms with E-state index in [0.29, 0.717) is 17.9 Å². The van der Waals surface area contributed by atoms with Gasteiger partial charge in [-0.05, 0) is 24.2 Å². The van der Waals surface area contributed by atoms with Crippen molar-refractivity contribution in [2.24, 2.45) is 11.3 Å². The number of rotatable bonds is 11. The van der Waals surface area contributed by atoms with Crippen molar-refractivity contribution in [3.05, 3.63) is 0 Å². The zero-order chi connectivity index (χ0) is 16.5. The van der Waals surface area contributed by atoms with Gasteiger partial charge in [0.1, 0.15) is 0 Å². The van der Waals surface area contributed by atoms with Crippen molar-refractivity contribution >= 4 is 10.1 Å². The number of aliphatic hydroxyl groups is 1. The second-order valence-electron chi connectivity index (χ2n) is 6.88. The predicted molar refractivity (Wildman–Crippen MR) is 84.0 cm³/mol. The van der Waals surface area contributed by atoms with Crippen LogP contribution in [-0.4, -0.2) is 56.2 Å². The van der Waals surface area contributed by atoms with Crippen LogP contribution >= 0.6 is 0 Å². The predicted octanol–water partition coefficient (Wildman–Crippen LogP) is 1.30. The van der Waals surface area contributed by atoms with Crippen LogP contribution in [0.3, 0.4) is 0 Å². The van der Waals surface area contributed by atoms with Gasteiger partial charge in [0.15, 0.2) is 0 Å². The Kier molecular flexibility index (Phi) is 9.64. The molecular formula is C14H31NO5S. The minimum atomic E-state index is -3.94. The second kappa shape index (κ2) is 9.74. The first-order valence-electron chi connectivity index (χ1n) is 7.41. The maximum Gasteiger partial charge on any atom is 0.266 e. The molecule has 0 aliphatic rings. The van der Waals surface area contributed by atoms with Gasteiger partial charge in [-0.1, -0.05) is 27.7 Å². The van der Waals surface area contributed by atoms with Gasteiger partial charge in [-0.3, -0.25) is 4.55 Å². The molecule has 21 heavy (non-hydrogen) atoms. The number of hydrogen-bond donors (Lipinski definition) is 3. The van der Waals surface area contributed by atoms with Crippen molar-refractivity contribution in [3.8, 4) is 0 Å². The van der Waals surface area contributed by atoms with Gasteiger partial charge in [-0.25, -0.2) is 0 Å². The fourth-order valence-electron chi connectivity index (χ4n) is 2.18. The van der Waals surface area contributed by atoms with E-state index in [4.69, 9.17) is 9.29 Å². The zero-order valence-corrected chi connectivity index (χ0v) is 14.4. The van der Waals surface area contributed by atoms with E-state index in [0.717, 1.165) is 12.8 Å². The molecule has 0 amide bonds. The first-order chi connectivity index (χ1) is 9.49. The van der Waals surface area contributed by atoms with Crippen LogP contribution in [0.2, 0.25) is 0 Å². The van der Waals surface area contributed by atoms with Crippen molar-refractivity contribution in [2.75, 3.05) is 32.1 Å². The molecule has 0 aliphatic heterocycles. The van der Waals surface area contributed by atoms with Crippen molar-refractivity contribution in [1.82, 2.24) is 5.32 Å². The number of ether oxygens (including phenoxy) is 1. The maximum atomic E-state index is 10.5. The van der Waals surface area contributed by atoms with E-state index in [2.05, 4.69) is 33.0 Å². The highest BCUT2D eigenvalue weighted by Gasteiger charge is 2.15. The summed E-state index contributed by atoms with van der Waals surface area (Å²) in [4.78, 5) is 0. The van der Waals surface area contributed by atoms with E-state index >= 15 is 0 Å². The van der Waals surface area contributed by atoms with Gasteiger partial charge in [-0.15, -0.1) is 0 Å². The number of aliphatic hydroxyl groups excluding tert-OH is 1. The summed E-state index contributed by atoms with van der Waals surface area (Å²) in [5.74, 6) is 0.222. The molecule has 128 valence electrons. The van der Waals surface area contributed by atoms with Crippen LogP contribution in [0, 0.1) is 11.3 Å². The second-order valence-corrected chi connectivity index (χ2v) is 8.45. The highest BCUT2D eigenvalue weighted by molar-refractivity contribution is 7.85. The molecule has 0 aliphatic carbocycles. The average molecular weight is 325 g/mol. The van der Waals surface area contributed by atoms with Crippen LogP contribution in [0.25, 0.3) is 0 Å². The molecule has 0 aromatic carbocycles. The molecule has 0 spiro atoms. The third kappa shape index (κ3) is 16.0. The average Bonchev–Trinajstić information content (AvgIpc) is 2.27. The summed E-state index contributed by atoms with van der Waals surface area (Å²) in [7, 11) is -3.94. The largest absolute Gasteiger partial charge is 0.389 e. The zero-order valence-electron chi connectivity index (χ0n) is 13.6. The van der Waals surface area contributed by atoms with Crippen molar-refractivity contribution in [3.63, 3.8) is 0 Å². The Labute approximate surface area is 129 Å². The summed E-state index contributed by atoms with van der Waals surface area (Å²) in [6.07, 6.45) is 1.42. The lowest BCUT2D eigenvalue weighted by Gasteiger charge is -2.23. The Hall–Kier alpha value is -0.210. The summed E-state index contributed by atoms with van der Waals surface area (Å²) in [6.45, 7) is 10.0. The molecule has 2 atom stereocenters. The third-order valence-electron chi connectivity index (χ3n) is 2.94. The topological polar surface area (TPSA) is 95.9 Å². The van der Waals surface area contributed by atoms with Crippen LogP contribution in [0.5, 0.6) is 0 Å². The standard InChI is InChI=1S/C14H31NO5S/c1-12(9-14(2,3)4)5-7-20-11-13(16)10-15-6-8-21(17,18)19/h12-13,15-16H,5-11H2,1-4H3,(H,17,18,19). The minimum absolute atomic E-state index is 0.110. The van der Waals surface area contributed by atoms with E-state index in [1.54, 1.807) is 0 Å². The fourth-order valence-corrected chi connectivity index (χ4v) is 2.58. The maximum absolute atomic E-state index is 10.5. The Morgan fingerprint density at radius 2 is 1.90 bits per heavy atom. The van der Waals surface area contributed by atoms with E-state index in [1.807, 2.05) is 0 Å². The monoisotopic (exact) mass is 325 g/mol. The van der Waals surface area contributed by atoms with Crippen LogP contribution in [0.1, 0.15) is 40.5 Å². The lowest BCUT2D eigenvalue weighted by Crippen LogP contribution is -2.33. The third-order valence-corrected chi connectivity index (χ3v) is 3.66. The molecule has 0 heterocycles. The normalized spacial score (nSPS) is 15.9. The van der Waals surface area contributed by atoms with Crippen LogP contribution in [-0.2, 0) is 14.9 Å². The molecule has 7 heteroatoms. The molecule has 0 aromatic rings. The van der Waals surface area contributed by atoms with Gasteiger partial charge in [0.2, 0.25) is 0 Å². The highest BCUT2D eigenvalue weighted by atomic mass is 32.2. The van der Waals surface area contributed by atoms with E-state index < -0.39 is 16.2 Å². The minimum Gasteiger partial charge on any atom is -0.389 e. The Bertz CT molecular complexity index is 364. The van der Waals surface area contributed by atoms with Crippen LogP contribution < -0.4 is 5.32 Å². The van der Waals surface area contributed by atoms with Crippen molar-refractivity contribution in [1.29, 1.82) is 0 Å². The van der Waals surface area contributed by atoms with E-state index in [9.17, 15) is 13.5 Å². The van der Waals surface area contributed by atoms with Gasteiger partial charge in [0.25, 0.3) is 10.1 Å². The molecule has 0 rings (SSSR count). The van der Waals surface area contributed by atoms with Gasteiger partial charge in [0.05, 0.1) is 18.5 Å². The lowest BCUT2D eigenvalue weighted by molar-refractivity contribution is 0.0310. The molecule has 0 saturated carbocycles. The summed E-state index contributed by atoms with van der Waals surface area (Å²) < 4.78 is 34.9.